The zero-order valence-electron chi connectivity index (χ0n) is 10.4. The predicted octanol–water partition coefficient (Wildman–Crippen LogP) is 2.87. The van der Waals surface area contributed by atoms with E-state index in [1.165, 1.54) is 17.1 Å². The van der Waals surface area contributed by atoms with Gasteiger partial charge in [0, 0.05) is 9.75 Å². The molecule has 2 heterocycles. The summed E-state index contributed by atoms with van der Waals surface area (Å²) in [5.74, 6) is -0.242. The van der Waals surface area contributed by atoms with Gasteiger partial charge in [-0.2, -0.15) is 0 Å². The normalized spacial score (nSPS) is 10.4. The molecule has 0 fully saturated rings. The monoisotopic (exact) mass is 295 g/mol. The highest BCUT2D eigenvalue weighted by atomic mass is 35.5. The Hall–Kier alpha value is -1.59. The summed E-state index contributed by atoms with van der Waals surface area (Å²) in [6.45, 7) is 2.59. The number of pyridine rings is 1. The minimum Gasteiger partial charge on any atom is -0.397 e. The molecule has 0 atom stereocenters. The Balaban J connectivity index is 2.03. The summed E-state index contributed by atoms with van der Waals surface area (Å²) in [7, 11) is 0. The molecule has 3 N–H and O–H groups in total. The number of anilines is 1. The molecule has 0 aromatic carbocycles. The summed E-state index contributed by atoms with van der Waals surface area (Å²) in [6.07, 6.45) is 2.39. The summed E-state index contributed by atoms with van der Waals surface area (Å²) in [5, 5.41) is 3.08. The first kappa shape index (κ1) is 13.8. The lowest BCUT2D eigenvalue weighted by atomic mass is 10.2. The molecule has 1 amide bonds. The Labute approximate surface area is 120 Å². The SMILES string of the molecule is CCc1ccc(CNC(=O)c2cc(Cl)ncc2N)s1. The number of hydrogen-bond acceptors (Lipinski definition) is 4. The van der Waals surface area contributed by atoms with Crippen molar-refractivity contribution in [1.29, 1.82) is 0 Å². The van der Waals surface area contributed by atoms with Crippen molar-refractivity contribution in [2.24, 2.45) is 0 Å². The zero-order valence-corrected chi connectivity index (χ0v) is 12.0. The van der Waals surface area contributed by atoms with Gasteiger partial charge in [0.15, 0.2) is 0 Å². The molecule has 0 saturated heterocycles. The predicted molar refractivity (Wildman–Crippen MR) is 78.5 cm³/mol. The maximum atomic E-state index is 12.0. The molecule has 2 rings (SSSR count). The fraction of sp³-hybridized carbons (Fsp3) is 0.231. The molecule has 0 saturated carbocycles. The molecule has 2 aromatic heterocycles. The number of amides is 1. The van der Waals surface area contributed by atoms with Gasteiger partial charge in [0.2, 0.25) is 0 Å². The molecule has 6 heteroatoms. The lowest BCUT2D eigenvalue weighted by molar-refractivity contribution is 0.0952. The van der Waals surface area contributed by atoms with E-state index in [-0.39, 0.29) is 11.1 Å². The molecule has 0 bridgehead atoms. The van der Waals surface area contributed by atoms with E-state index in [2.05, 4.69) is 23.3 Å². The molecule has 0 radical (unpaired) electrons. The highest BCUT2D eigenvalue weighted by Gasteiger charge is 2.11. The number of halogens is 1. The van der Waals surface area contributed by atoms with E-state index in [1.54, 1.807) is 11.3 Å². The first-order chi connectivity index (χ1) is 9.10. The highest BCUT2D eigenvalue weighted by Crippen LogP contribution is 2.18. The Kier molecular flexibility index (Phi) is 4.39. The van der Waals surface area contributed by atoms with Crippen molar-refractivity contribution in [3.8, 4) is 0 Å². The average Bonchev–Trinajstić information content (AvgIpc) is 2.87. The van der Waals surface area contributed by atoms with Crippen LogP contribution in [0, 0.1) is 0 Å². The van der Waals surface area contributed by atoms with E-state index in [1.807, 2.05) is 6.07 Å². The van der Waals surface area contributed by atoms with Gasteiger partial charge in [-0.15, -0.1) is 11.3 Å². The summed E-state index contributed by atoms with van der Waals surface area (Å²) >= 11 is 7.45. The van der Waals surface area contributed by atoms with Crippen LogP contribution in [-0.2, 0) is 13.0 Å². The number of hydrogen-bond donors (Lipinski definition) is 2. The van der Waals surface area contributed by atoms with E-state index in [4.69, 9.17) is 17.3 Å². The maximum absolute atomic E-state index is 12.0. The van der Waals surface area contributed by atoms with Gasteiger partial charge in [-0.1, -0.05) is 18.5 Å². The lowest BCUT2D eigenvalue weighted by Crippen LogP contribution is -2.23. The quantitative estimate of drug-likeness (QED) is 0.852. The van der Waals surface area contributed by atoms with Gasteiger partial charge in [-0.25, -0.2) is 4.98 Å². The fourth-order valence-corrected chi connectivity index (χ4v) is 2.66. The summed E-state index contributed by atoms with van der Waals surface area (Å²) in [6, 6.07) is 5.56. The zero-order chi connectivity index (χ0) is 13.8. The molecule has 0 spiro atoms. The fourth-order valence-electron chi connectivity index (χ4n) is 1.61. The second-order valence-electron chi connectivity index (χ2n) is 4.00. The second-order valence-corrected chi connectivity index (χ2v) is 5.64. The molecule has 19 heavy (non-hydrogen) atoms. The highest BCUT2D eigenvalue weighted by molar-refractivity contribution is 7.11. The van der Waals surface area contributed by atoms with Crippen LogP contribution >= 0.6 is 22.9 Å². The maximum Gasteiger partial charge on any atom is 0.253 e. The lowest BCUT2D eigenvalue weighted by Gasteiger charge is -2.06. The number of aryl methyl sites for hydroxylation is 1. The topological polar surface area (TPSA) is 68.0 Å². The number of carbonyl (C=O) groups is 1. The number of nitrogens with zero attached hydrogens (tertiary/aromatic N) is 1. The van der Waals surface area contributed by atoms with E-state index in [0.717, 1.165) is 11.3 Å². The third-order valence-corrected chi connectivity index (χ3v) is 4.07. The minimum absolute atomic E-state index is 0.242. The summed E-state index contributed by atoms with van der Waals surface area (Å²) in [5.41, 5.74) is 6.38. The van der Waals surface area contributed by atoms with Crippen LogP contribution < -0.4 is 11.1 Å². The largest absolute Gasteiger partial charge is 0.397 e. The smallest absolute Gasteiger partial charge is 0.253 e. The number of nitrogen functional groups attached to an aromatic ring is 1. The van der Waals surface area contributed by atoms with Crippen LogP contribution in [0.1, 0.15) is 27.0 Å². The van der Waals surface area contributed by atoms with Gasteiger partial charge in [0.05, 0.1) is 24.0 Å². The van der Waals surface area contributed by atoms with E-state index < -0.39 is 0 Å². The van der Waals surface area contributed by atoms with Crippen molar-refractivity contribution >= 4 is 34.5 Å². The van der Waals surface area contributed by atoms with Crippen molar-refractivity contribution in [1.82, 2.24) is 10.3 Å². The number of nitrogens with two attached hydrogens (primary N) is 1. The summed E-state index contributed by atoms with van der Waals surface area (Å²) in [4.78, 5) is 18.2. The third kappa shape index (κ3) is 3.45. The third-order valence-electron chi connectivity index (χ3n) is 2.63. The van der Waals surface area contributed by atoms with Crippen LogP contribution in [-0.4, -0.2) is 10.9 Å². The standard InChI is InChI=1S/C13H14ClN3OS/c1-2-8-3-4-9(19-8)6-17-13(18)10-5-12(14)16-7-11(10)15/h3-5,7H,2,6,15H2,1H3,(H,17,18). The van der Waals surface area contributed by atoms with Gasteiger partial charge in [-0.3, -0.25) is 4.79 Å². The second kappa shape index (κ2) is 6.04. The number of thiophene rings is 1. The van der Waals surface area contributed by atoms with Crippen molar-refractivity contribution in [2.75, 3.05) is 5.73 Å². The Bertz CT molecular complexity index is 597. The van der Waals surface area contributed by atoms with Gasteiger partial charge < -0.3 is 11.1 Å². The van der Waals surface area contributed by atoms with Gasteiger partial charge in [0.25, 0.3) is 5.91 Å². The van der Waals surface area contributed by atoms with E-state index in [9.17, 15) is 4.79 Å². The molecule has 0 unspecified atom stereocenters. The van der Waals surface area contributed by atoms with Crippen LogP contribution in [0.3, 0.4) is 0 Å². The number of nitrogens with one attached hydrogen (secondary N) is 1. The molecule has 4 nitrogen and oxygen atoms in total. The Morgan fingerprint density at radius 1 is 1.47 bits per heavy atom. The minimum atomic E-state index is -0.242. The molecule has 2 aromatic rings. The van der Waals surface area contributed by atoms with Crippen molar-refractivity contribution in [3.63, 3.8) is 0 Å². The van der Waals surface area contributed by atoms with Crippen LogP contribution in [0.25, 0.3) is 0 Å². The average molecular weight is 296 g/mol. The van der Waals surface area contributed by atoms with Gasteiger partial charge in [0.1, 0.15) is 5.15 Å². The van der Waals surface area contributed by atoms with Crippen LogP contribution in [0.4, 0.5) is 5.69 Å². The van der Waals surface area contributed by atoms with Crippen LogP contribution in [0.2, 0.25) is 5.15 Å². The van der Waals surface area contributed by atoms with E-state index in [0.29, 0.717) is 17.8 Å². The van der Waals surface area contributed by atoms with Crippen LogP contribution in [0.5, 0.6) is 0 Å². The Morgan fingerprint density at radius 2 is 2.21 bits per heavy atom. The first-order valence-electron chi connectivity index (χ1n) is 5.87. The Morgan fingerprint density at radius 3 is 2.89 bits per heavy atom. The first-order valence-corrected chi connectivity index (χ1v) is 7.06. The molecule has 0 aliphatic carbocycles. The molecule has 0 aliphatic rings. The van der Waals surface area contributed by atoms with Gasteiger partial charge in [-0.05, 0) is 24.6 Å². The van der Waals surface area contributed by atoms with Crippen LogP contribution in [0.15, 0.2) is 24.4 Å². The number of aromatic nitrogens is 1. The molecular weight excluding hydrogens is 282 g/mol. The van der Waals surface area contributed by atoms with Crippen molar-refractivity contribution < 1.29 is 4.79 Å². The molecule has 0 aliphatic heterocycles. The summed E-state index contributed by atoms with van der Waals surface area (Å²) < 4.78 is 0. The number of carbonyl (C=O) groups excluding carboxylic acids is 1. The van der Waals surface area contributed by atoms with E-state index >= 15 is 0 Å². The van der Waals surface area contributed by atoms with Crippen molar-refractivity contribution in [3.05, 3.63) is 44.9 Å². The van der Waals surface area contributed by atoms with Crippen molar-refractivity contribution in [2.45, 2.75) is 19.9 Å². The molecular formula is C13H14ClN3OS. The molecule has 100 valence electrons. The number of rotatable bonds is 4. The van der Waals surface area contributed by atoms with Gasteiger partial charge >= 0.3 is 0 Å².